The van der Waals surface area contributed by atoms with Crippen LogP contribution in [0.4, 0.5) is 14.7 Å². The topological polar surface area (TPSA) is 61.3 Å². The van der Waals surface area contributed by atoms with Crippen LogP contribution in [0.2, 0.25) is 0 Å². The lowest BCUT2D eigenvalue weighted by Gasteiger charge is -2.10. The number of benzene rings is 1. The van der Waals surface area contributed by atoms with E-state index in [9.17, 15) is 8.78 Å². The Bertz CT molecular complexity index is 567. The van der Waals surface area contributed by atoms with Crippen LogP contribution in [-0.4, -0.2) is 12.3 Å². The molecule has 0 bridgehead atoms. The van der Waals surface area contributed by atoms with Gasteiger partial charge < -0.3 is 15.0 Å². The molecule has 0 saturated heterocycles. The van der Waals surface area contributed by atoms with E-state index in [4.69, 9.17) is 15.0 Å². The first-order valence-electron chi connectivity index (χ1n) is 5.27. The molecule has 1 heterocycles. The Morgan fingerprint density at radius 2 is 2.11 bits per heavy atom. The molecule has 1 atom stereocenters. The highest BCUT2D eigenvalue weighted by atomic mass is 19.1. The van der Waals surface area contributed by atoms with Crippen LogP contribution in [0.5, 0.6) is 5.75 Å². The summed E-state index contributed by atoms with van der Waals surface area (Å²) in [7, 11) is 1.32. The molecule has 0 amide bonds. The molecule has 18 heavy (non-hydrogen) atoms. The van der Waals surface area contributed by atoms with E-state index >= 15 is 0 Å². The van der Waals surface area contributed by atoms with Gasteiger partial charge in [0.05, 0.1) is 7.11 Å². The van der Waals surface area contributed by atoms with Crippen LogP contribution in [0.25, 0.3) is 11.3 Å². The SMILES string of the molecule is COc1c(F)cc(C(C)F)cc1-c1cc(N)on1. The second-order valence-corrected chi connectivity index (χ2v) is 3.81. The zero-order chi connectivity index (χ0) is 13.3. The number of nitrogens with zero attached hydrogens (tertiary/aromatic N) is 1. The van der Waals surface area contributed by atoms with Crippen molar-refractivity contribution in [2.24, 2.45) is 0 Å². The van der Waals surface area contributed by atoms with E-state index in [-0.39, 0.29) is 17.2 Å². The van der Waals surface area contributed by atoms with E-state index in [1.54, 1.807) is 0 Å². The summed E-state index contributed by atoms with van der Waals surface area (Å²) in [4.78, 5) is 0. The van der Waals surface area contributed by atoms with Crippen LogP contribution in [0.15, 0.2) is 22.7 Å². The summed E-state index contributed by atoms with van der Waals surface area (Å²) in [5, 5.41) is 3.67. The Kier molecular flexibility index (Phi) is 3.18. The molecule has 2 rings (SSSR count). The zero-order valence-corrected chi connectivity index (χ0v) is 9.91. The van der Waals surface area contributed by atoms with Gasteiger partial charge in [-0.3, -0.25) is 0 Å². The van der Waals surface area contributed by atoms with E-state index in [0.29, 0.717) is 11.3 Å². The van der Waals surface area contributed by atoms with Gasteiger partial charge in [0.1, 0.15) is 11.9 Å². The molecule has 0 aliphatic heterocycles. The number of methoxy groups -OCH3 is 1. The van der Waals surface area contributed by atoms with Gasteiger partial charge in [0.25, 0.3) is 0 Å². The van der Waals surface area contributed by atoms with E-state index in [0.717, 1.165) is 6.07 Å². The molecular formula is C12H12F2N2O2. The number of aromatic nitrogens is 1. The molecule has 1 aromatic heterocycles. The van der Waals surface area contributed by atoms with E-state index in [2.05, 4.69) is 5.16 Å². The van der Waals surface area contributed by atoms with Crippen LogP contribution in [0, 0.1) is 5.82 Å². The maximum Gasteiger partial charge on any atom is 0.222 e. The first kappa shape index (κ1) is 12.3. The molecule has 1 unspecified atom stereocenters. The first-order valence-corrected chi connectivity index (χ1v) is 5.27. The lowest BCUT2D eigenvalue weighted by molar-refractivity contribution is 0.365. The fraction of sp³-hybridized carbons (Fsp3) is 0.250. The number of anilines is 1. The van der Waals surface area contributed by atoms with Crippen molar-refractivity contribution in [2.45, 2.75) is 13.1 Å². The lowest BCUT2D eigenvalue weighted by Crippen LogP contribution is -1.96. The predicted molar refractivity (Wildman–Crippen MR) is 62.4 cm³/mol. The highest BCUT2D eigenvalue weighted by molar-refractivity contribution is 5.69. The summed E-state index contributed by atoms with van der Waals surface area (Å²) in [6.07, 6.45) is -1.30. The molecule has 0 spiro atoms. The van der Waals surface area contributed by atoms with E-state index in [1.165, 1.54) is 26.2 Å². The number of hydrogen-bond donors (Lipinski definition) is 1. The van der Waals surface area contributed by atoms with Crippen LogP contribution >= 0.6 is 0 Å². The van der Waals surface area contributed by atoms with Crippen LogP contribution in [0.3, 0.4) is 0 Å². The monoisotopic (exact) mass is 254 g/mol. The number of nitrogen functional groups attached to an aromatic ring is 1. The number of alkyl halides is 1. The average molecular weight is 254 g/mol. The van der Waals surface area contributed by atoms with Gasteiger partial charge in [0.15, 0.2) is 11.6 Å². The van der Waals surface area contributed by atoms with E-state index in [1.807, 2.05) is 0 Å². The molecule has 0 aliphatic carbocycles. The molecule has 2 aromatic rings. The van der Waals surface area contributed by atoms with Gasteiger partial charge in [-0.2, -0.15) is 0 Å². The number of nitrogens with two attached hydrogens (primary N) is 1. The normalized spacial score (nSPS) is 12.4. The fourth-order valence-corrected chi connectivity index (χ4v) is 1.66. The minimum absolute atomic E-state index is 0.0206. The van der Waals surface area contributed by atoms with Crippen LogP contribution < -0.4 is 10.5 Å². The van der Waals surface area contributed by atoms with Crippen molar-refractivity contribution in [3.05, 3.63) is 29.6 Å². The minimum atomic E-state index is -1.30. The molecule has 4 nitrogen and oxygen atoms in total. The van der Waals surface area contributed by atoms with Crippen molar-refractivity contribution in [2.75, 3.05) is 12.8 Å². The van der Waals surface area contributed by atoms with Gasteiger partial charge in [-0.1, -0.05) is 5.16 Å². The third-order valence-corrected chi connectivity index (χ3v) is 2.53. The summed E-state index contributed by atoms with van der Waals surface area (Å²) in [6, 6.07) is 3.98. The second kappa shape index (κ2) is 4.64. The van der Waals surface area contributed by atoms with Crippen molar-refractivity contribution in [3.63, 3.8) is 0 Å². The maximum atomic E-state index is 13.8. The molecule has 2 N–H and O–H groups in total. The summed E-state index contributed by atoms with van der Waals surface area (Å²) >= 11 is 0. The molecule has 0 aliphatic rings. The Morgan fingerprint density at radius 1 is 1.39 bits per heavy atom. The van der Waals surface area contributed by atoms with Gasteiger partial charge in [0.2, 0.25) is 5.88 Å². The van der Waals surface area contributed by atoms with Gasteiger partial charge >= 0.3 is 0 Å². The Labute approximate surface area is 102 Å². The molecular weight excluding hydrogens is 242 g/mol. The third kappa shape index (κ3) is 2.13. The molecule has 0 saturated carbocycles. The standard InChI is InChI=1S/C12H12F2N2O2/c1-6(13)7-3-8(10-5-11(15)18-16-10)12(17-2)9(14)4-7/h3-6H,15H2,1-2H3. The van der Waals surface area contributed by atoms with Gasteiger partial charge in [0, 0.05) is 11.6 Å². The zero-order valence-electron chi connectivity index (χ0n) is 9.91. The fourth-order valence-electron chi connectivity index (χ4n) is 1.66. The number of rotatable bonds is 3. The van der Waals surface area contributed by atoms with Crippen molar-refractivity contribution >= 4 is 5.88 Å². The Hall–Kier alpha value is -2.11. The summed E-state index contributed by atoms with van der Waals surface area (Å²) in [5.41, 5.74) is 6.20. The highest BCUT2D eigenvalue weighted by Crippen LogP contribution is 2.35. The molecule has 6 heteroatoms. The Morgan fingerprint density at radius 3 is 2.61 bits per heavy atom. The van der Waals surface area contributed by atoms with Crippen LogP contribution in [-0.2, 0) is 0 Å². The van der Waals surface area contributed by atoms with Gasteiger partial charge in [-0.15, -0.1) is 0 Å². The first-order chi connectivity index (χ1) is 8.52. The lowest BCUT2D eigenvalue weighted by atomic mass is 10.0. The number of hydrogen-bond acceptors (Lipinski definition) is 4. The molecule has 0 fully saturated rings. The largest absolute Gasteiger partial charge is 0.493 e. The summed E-state index contributed by atoms with van der Waals surface area (Å²) in [5.74, 6) is -0.588. The van der Waals surface area contributed by atoms with Crippen LogP contribution in [0.1, 0.15) is 18.7 Å². The molecule has 0 radical (unpaired) electrons. The van der Waals surface area contributed by atoms with Gasteiger partial charge in [-0.25, -0.2) is 8.78 Å². The summed E-state index contributed by atoms with van der Waals surface area (Å²) in [6.45, 7) is 1.32. The Balaban J connectivity index is 2.63. The number of halogens is 2. The maximum absolute atomic E-state index is 13.8. The number of ether oxygens (including phenoxy) is 1. The smallest absolute Gasteiger partial charge is 0.222 e. The highest BCUT2D eigenvalue weighted by Gasteiger charge is 2.18. The predicted octanol–water partition coefficient (Wildman–Crippen LogP) is 3.10. The molecule has 96 valence electrons. The minimum Gasteiger partial charge on any atom is -0.493 e. The summed E-state index contributed by atoms with van der Waals surface area (Å²) < 4.78 is 36.7. The van der Waals surface area contributed by atoms with Crippen molar-refractivity contribution in [1.29, 1.82) is 0 Å². The quantitative estimate of drug-likeness (QED) is 0.914. The third-order valence-electron chi connectivity index (χ3n) is 2.53. The van der Waals surface area contributed by atoms with Crippen molar-refractivity contribution in [1.82, 2.24) is 5.16 Å². The second-order valence-electron chi connectivity index (χ2n) is 3.81. The van der Waals surface area contributed by atoms with Crippen molar-refractivity contribution in [3.8, 4) is 17.0 Å². The van der Waals surface area contributed by atoms with Gasteiger partial charge in [-0.05, 0) is 24.6 Å². The average Bonchev–Trinajstić information content (AvgIpc) is 2.74. The molecule has 1 aromatic carbocycles. The van der Waals surface area contributed by atoms with E-state index < -0.39 is 12.0 Å². The van der Waals surface area contributed by atoms with Crippen molar-refractivity contribution < 1.29 is 18.0 Å².